The first-order valence-corrected chi connectivity index (χ1v) is 9.57. The third kappa shape index (κ3) is 6.00. The fourth-order valence-electron chi connectivity index (χ4n) is 3.56. The number of ether oxygens (including phenoxy) is 1. The van der Waals surface area contributed by atoms with Gasteiger partial charge in [-0.3, -0.25) is 9.78 Å². The monoisotopic (exact) mass is 442 g/mol. The molecule has 2 aliphatic heterocycles. The summed E-state index contributed by atoms with van der Waals surface area (Å²) in [4.78, 5) is 31.8. The molecule has 168 valence electrons. The number of alkyl halides is 3. The van der Waals surface area contributed by atoms with Gasteiger partial charge in [-0.05, 0) is 31.9 Å². The predicted molar refractivity (Wildman–Crippen MR) is 97.6 cm³/mol. The van der Waals surface area contributed by atoms with Gasteiger partial charge in [-0.2, -0.15) is 18.2 Å². The highest BCUT2D eigenvalue weighted by Gasteiger charge is 2.42. The number of hydrogen-bond acceptors (Lipinski definition) is 7. The molecule has 31 heavy (non-hydrogen) atoms. The molecule has 2 aromatic heterocycles. The van der Waals surface area contributed by atoms with Crippen LogP contribution in [0.25, 0.3) is 0 Å². The summed E-state index contributed by atoms with van der Waals surface area (Å²) in [5, 5.41) is 11.0. The van der Waals surface area contributed by atoms with Crippen molar-refractivity contribution in [2.75, 3.05) is 13.1 Å². The van der Waals surface area contributed by atoms with E-state index in [0.717, 1.165) is 31.6 Å². The minimum atomic E-state index is -5.08. The lowest BCUT2D eigenvalue weighted by Gasteiger charge is -2.34. The third-order valence-electron chi connectivity index (χ3n) is 4.99. The van der Waals surface area contributed by atoms with Crippen LogP contribution in [0.15, 0.2) is 28.9 Å². The predicted octanol–water partition coefficient (Wildman–Crippen LogP) is 2.33. The zero-order valence-electron chi connectivity index (χ0n) is 16.6. The highest BCUT2D eigenvalue weighted by atomic mass is 19.4. The van der Waals surface area contributed by atoms with Crippen molar-refractivity contribution in [1.29, 1.82) is 0 Å². The number of carboxylic acid groups (broad SMARTS) is 1. The van der Waals surface area contributed by atoms with Crippen molar-refractivity contribution < 1.29 is 37.1 Å². The summed E-state index contributed by atoms with van der Waals surface area (Å²) in [5.41, 5.74) is 0.812. The van der Waals surface area contributed by atoms with Gasteiger partial charge in [0.15, 0.2) is 5.82 Å². The van der Waals surface area contributed by atoms with Crippen molar-refractivity contribution in [2.24, 2.45) is 5.92 Å². The second-order valence-corrected chi connectivity index (χ2v) is 7.27. The number of pyridine rings is 1. The molecule has 2 aromatic rings. The lowest BCUT2D eigenvalue weighted by molar-refractivity contribution is -0.192. The fourth-order valence-corrected chi connectivity index (χ4v) is 3.56. The maximum atomic E-state index is 12.5. The molecule has 3 atom stereocenters. The average molecular weight is 442 g/mol. The van der Waals surface area contributed by atoms with Crippen LogP contribution in [0.4, 0.5) is 13.2 Å². The molecule has 0 aliphatic carbocycles. The van der Waals surface area contributed by atoms with Gasteiger partial charge in [0.1, 0.15) is 6.10 Å². The molecule has 2 fully saturated rings. The molecule has 2 saturated heterocycles. The Hall–Kier alpha value is -3.02. The first-order valence-electron chi connectivity index (χ1n) is 9.57. The van der Waals surface area contributed by atoms with Crippen LogP contribution >= 0.6 is 0 Å². The van der Waals surface area contributed by atoms with Crippen LogP contribution in [-0.4, -0.2) is 62.4 Å². The molecule has 0 aromatic carbocycles. The number of aryl methyl sites for hydroxylation is 1. The van der Waals surface area contributed by atoms with E-state index in [1.54, 1.807) is 13.1 Å². The van der Waals surface area contributed by atoms with Gasteiger partial charge in [-0.1, -0.05) is 11.2 Å². The van der Waals surface area contributed by atoms with E-state index in [1.165, 1.54) is 0 Å². The van der Waals surface area contributed by atoms with Gasteiger partial charge in [0.2, 0.25) is 5.91 Å². The lowest BCUT2D eigenvalue weighted by atomic mass is 9.92. The number of hydrogen-bond donors (Lipinski definition) is 1. The van der Waals surface area contributed by atoms with E-state index < -0.39 is 12.1 Å². The van der Waals surface area contributed by atoms with Crippen molar-refractivity contribution in [2.45, 2.75) is 44.6 Å². The number of amides is 1. The van der Waals surface area contributed by atoms with Crippen molar-refractivity contribution >= 4 is 11.9 Å². The Balaban J connectivity index is 0.000000339. The van der Waals surface area contributed by atoms with Gasteiger partial charge in [-0.15, -0.1) is 0 Å². The largest absolute Gasteiger partial charge is 0.490 e. The quantitative estimate of drug-likeness (QED) is 0.770. The number of carbonyl (C=O) groups excluding carboxylic acids is 1. The van der Waals surface area contributed by atoms with E-state index in [4.69, 9.17) is 19.2 Å². The van der Waals surface area contributed by atoms with Crippen LogP contribution < -0.4 is 0 Å². The number of aliphatic carboxylic acids is 1. The maximum Gasteiger partial charge on any atom is 0.490 e. The molecule has 0 saturated carbocycles. The van der Waals surface area contributed by atoms with Crippen LogP contribution in [0.2, 0.25) is 0 Å². The SMILES string of the molecule is Cc1noc([C@H]2C[C@H]3CN(C(=O)Cc4ccccn4)CC[C@@H]3O2)n1.O=C(O)C(F)(F)F. The van der Waals surface area contributed by atoms with E-state index >= 15 is 0 Å². The molecule has 2 aliphatic rings. The number of carboxylic acids is 1. The molecule has 12 heteroatoms. The number of likely N-dealkylation sites (tertiary alicyclic amines) is 1. The topological polar surface area (TPSA) is 119 Å². The summed E-state index contributed by atoms with van der Waals surface area (Å²) in [6, 6.07) is 5.65. The van der Waals surface area contributed by atoms with Crippen LogP contribution in [0.3, 0.4) is 0 Å². The summed E-state index contributed by atoms with van der Waals surface area (Å²) >= 11 is 0. The number of halogens is 3. The molecule has 0 radical (unpaired) electrons. The van der Waals surface area contributed by atoms with Crippen molar-refractivity contribution in [1.82, 2.24) is 20.0 Å². The summed E-state index contributed by atoms with van der Waals surface area (Å²) in [5.74, 6) is -1.13. The van der Waals surface area contributed by atoms with E-state index in [1.807, 2.05) is 23.1 Å². The first-order chi connectivity index (χ1) is 14.6. The summed E-state index contributed by atoms with van der Waals surface area (Å²) < 4.78 is 43.0. The normalized spacial score (nSPS) is 23.0. The maximum absolute atomic E-state index is 12.5. The van der Waals surface area contributed by atoms with Gasteiger partial charge in [0.25, 0.3) is 5.89 Å². The minimum absolute atomic E-state index is 0.129. The van der Waals surface area contributed by atoms with Gasteiger partial charge in [0, 0.05) is 30.9 Å². The van der Waals surface area contributed by atoms with Crippen molar-refractivity contribution in [3.8, 4) is 0 Å². The molecule has 4 heterocycles. The standard InChI is InChI=1S/C17H20N4O3.C2HF3O2/c1-11-19-17(24-20-11)15-8-12-10-21(7-5-14(12)23-15)16(22)9-13-4-2-3-6-18-13;3-2(4,5)1(6)7/h2-4,6,12,14-15H,5,7-10H2,1H3;(H,6,7)/t12-,14-,15+;/m0./s1. The molecule has 4 rings (SSSR count). The second-order valence-electron chi connectivity index (χ2n) is 7.27. The number of rotatable bonds is 3. The Labute approximate surface area is 175 Å². The summed E-state index contributed by atoms with van der Waals surface area (Å²) in [7, 11) is 0. The van der Waals surface area contributed by atoms with Gasteiger partial charge in [-0.25, -0.2) is 4.79 Å². The van der Waals surface area contributed by atoms with E-state index in [9.17, 15) is 18.0 Å². The molecular weight excluding hydrogens is 421 g/mol. The van der Waals surface area contributed by atoms with Crippen molar-refractivity contribution in [3.05, 3.63) is 41.8 Å². The minimum Gasteiger partial charge on any atom is -0.475 e. The third-order valence-corrected chi connectivity index (χ3v) is 4.99. The number of piperidine rings is 1. The lowest BCUT2D eigenvalue weighted by Crippen LogP contribution is -2.45. The summed E-state index contributed by atoms with van der Waals surface area (Å²) in [6.07, 6.45) is -1.32. The molecule has 9 nitrogen and oxygen atoms in total. The van der Waals surface area contributed by atoms with Crippen LogP contribution in [0.5, 0.6) is 0 Å². The van der Waals surface area contributed by atoms with Crippen LogP contribution in [0.1, 0.15) is 36.4 Å². The van der Waals surface area contributed by atoms with Gasteiger partial charge >= 0.3 is 12.1 Å². The zero-order chi connectivity index (χ0) is 22.6. The summed E-state index contributed by atoms with van der Waals surface area (Å²) in [6.45, 7) is 3.25. The van der Waals surface area contributed by atoms with Crippen molar-refractivity contribution in [3.63, 3.8) is 0 Å². The Morgan fingerprint density at radius 2 is 2.06 bits per heavy atom. The Morgan fingerprint density at radius 3 is 2.65 bits per heavy atom. The Morgan fingerprint density at radius 1 is 1.32 bits per heavy atom. The Kier molecular flexibility index (Phi) is 6.88. The van der Waals surface area contributed by atoms with E-state index in [0.29, 0.717) is 24.1 Å². The molecule has 1 amide bonds. The van der Waals surface area contributed by atoms with E-state index in [-0.39, 0.29) is 18.1 Å². The van der Waals surface area contributed by atoms with Crippen LogP contribution in [-0.2, 0) is 20.7 Å². The Bertz CT molecular complexity index is 905. The highest BCUT2D eigenvalue weighted by Crippen LogP contribution is 2.40. The molecular formula is C19H21F3N4O5. The molecule has 0 spiro atoms. The smallest absolute Gasteiger partial charge is 0.475 e. The average Bonchev–Trinajstić information content (AvgIpc) is 3.33. The molecule has 1 N–H and O–H groups in total. The first kappa shape index (κ1) is 22.7. The zero-order valence-corrected chi connectivity index (χ0v) is 16.6. The highest BCUT2D eigenvalue weighted by molar-refractivity contribution is 5.78. The van der Waals surface area contributed by atoms with Crippen LogP contribution in [0, 0.1) is 12.8 Å². The molecule has 0 bridgehead atoms. The number of carbonyl (C=O) groups is 2. The fraction of sp³-hybridized carbons (Fsp3) is 0.526. The van der Waals surface area contributed by atoms with Gasteiger partial charge < -0.3 is 19.3 Å². The van der Waals surface area contributed by atoms with E-state index in [2.05, 4.69) is 15.1 Å². The number of aromatic nitrogens is 3. The molecule has 0 unspecified atom stereocenters. The number of fused-ring (bicyclic) bond motifs is 1. The van der Waals surface area contributed by atoms with Gasteiger partial charge in [0.05, 0.1) is 12.5 Å². The number of nitrogens with zero attached hydrogens (tertiary/aromatic N) is 4. The second kappa shape index (κ2) is 9.41.